The molecule has 0 saturated carbocycles. The number of carbonyl (C=O) groups is 1. The van der Waals surface area contributed by atoms with Gasteiger partial charge >= 0.3 is 6.03 Å². The summed E-state index contributed by atoms with van der Waals surface area (Å²) in [6.45, 7) is 2.00. The van der Waals surface area contributed by atoms with Gasteiger partial charge in [0.1, 0.15) is 11.6 Å². The summed E-state index contributed by atoms with van der Waals surface area (Å²) in [5.41, 5.74) is 0.136. The number of hydrogen-bond donors (Lipinski definition) is 1. The van der Waals surface area contributed by atoms with Crippen LogP contribution >= 0.6 is 0 Å². The van der Waals surface area contributed by atoms with Crippen LogP contribution in [0.25, 0.3) is 0 Å². The molecule has 0 unspecified atom stereocenters. The summed E-state index contributed by atoms with van der Waals surface area (Å²) >= 11 is 0. The van der Waals surface area contributed by atoms with Crippen molar-refractivity contribution in [3.8, 4) is 0 Å². The second-order valence-electron chi connectivity index (χ2n) is 3.99. The van der Waals surface area contributed by atoms with E-state index in [1.54, 1.807) is 4.90 Å². The van der Waals surface area contributed by atoms with Gasteiger partial charge in [-0.25, -0.2) is 13.6 Å². The molecule has 0 radical (unpaired) electrons. The van der Waals surface area contributed by atoms with Crippen molar-refractivity contribution in [1.82, 2.24) is 10.2 Å². The number of hydrogen-bond acceptors (Lipinski definition) is 2. The van der Waals surface area contributed by atoms with Crippen molar-refractivity contribution < 1.29 is 18.3 Å². The number of nitrogens with zero attached hydrogens (tertiary/aromatic N) is 1. The van der Waals surface area contributed by atoms with Gasteiger partial charge in [-0.05, 0) is 18.2 Å². The van der Waals surface area contributed by atoms with Crippen molar-refractivity contribution in [2.45, 2.75) is 6.54 Å². The van der Waals surface area contributed by atoms with E-state index < -0.39 is 11.6 Å². The van der Waals surface area contributed by atoms with Crippen LogP contribution in [0.2, 0.25) is 0 Å². The minimum atomic E-state index is -0.529. The number of benzene rings is 1. The van der Waals surface area contributed by atoms with Crippen molar-refractivity contribution >= 4 is 6.03 Å². The number of carbonyl (C=O) groups excluding carboxylic acids is 1. The average molecular weight is 256 g/mol. The summed E-state index contributed by atoms with van der Waals surface area (Å²) in [4.78, 5) is 13.3. The Bertz CT molecular complexity index is 434. The smallest absolute Gasteiger partial charge is 0.317 e. The number of nitrogens with one attached hydrogen (secondary N) is 1. The van der Waals surface area contributed by atoms with Gasteiger partial charge in [0.05, 0.1) is 13.2 Å². The van der Waals surface area contributed by atoms with Crippen LogP contribution in [0.5, 0.6) is 0 Å². The lowest BCUT2D eigenvalue weighted by Crippen LogP contribution is -2.45. The second kappa shape index (κ2) is 5.77. The van der Waals surface area contributed by atoms with E-state index in [4.69, 9.17) is 4.74 Å². The summed E-state index contributed by atoms with van der Waals surface area (Å²) in [6, 6.07) is 2.88. The topological polar surface area (TPSA) is 41.6 Å². The quantitative estimate of drug-likeness (QED) is 0.871. The van der Waals surface area contributed by atoms with Gasteiger partial charge in [-0.3, -0.25) is 0 Å². The molecule has 1 fully saturated rings. The fourth-order valence-electron chi connectivity index (χ4n) is 1.73. The molecule has 0 aromatic heterocycles. The lowest BCUT2D eigenvalue weighted by molar-refractivity contribution is 0.0531. The summed E-state index contributed by atoms with van der Waals surface area (Å²) < 4.78 is 31.3. The SMILES string of the molecule is O=C(NCc1cc(F)ccc1F)N1CCOCC1. The Balaban J connectivity index is 1.90. The van der Waals surface area contributed by atoms with Crippen LogP contribution in [0, 0.1) is 11.6 Å². The zero-order valence-corrected chi connectivity index (χ0v) is 9.79. The first-order chi connectivity index (χ1) is 8.66. The summed E-state index contributed by atoms with van der Waals surface area (Å²) in [5, 5.41) is 2.56. The molecule has 1 aromatic carbocycles. The Labute approximate surface area is 104 Å². The fraction of sp³-hybridized carbons (Fsp3) is 0.417. The Hall–Kier alpha value is -1.69. The van der Waals surface area contributed by atoms with Crippen molar-refractivity contribution in [3.05, 3.63) is 35.4 Å². The number of rotatable bonds is 2. The largest absolute Gasteiger partial charge is 0.378 e. The van der Waals surface area contributed by atoms with Crippen LogP contribution in [0.4, 0.5) is 13.6 Å². The Morgan fingerprint density at radius 2 is 2.06 bits per heavy atom. The standard InChI is InChI=1S/C12H14F2N2O2/c13-10-1-2-11(14)9(7-10)8-15-12(17)16-3-5-18-6-4-16/h1-2,7H,3-6,8H2,(H,15,17). The molecule has 6 heteroatoms. The highest BCUT2D eigenvalue weighted by Gasteiger charge is 2.16. The van der Waals surface area contributed by atoms with E-state index in [0.29, 0.717) is 26.3 Å². The normalized spacial score (nSPS) is 15.6. The van der Waals surface area contributed by atoms with E-state index in [2.05, 4.69) is 5.32 Å². The van der Waals surface area contributed by atoms with Crippen LogP contribution in [0.3, 0.4) is 0 Å². The molecule has 1 N–H and O–H groups in total. The highest BCUT2D eigenvalue weighted by molar-refractivity contribution is 5.74. The molecule has 0 aliphatic carbocycles. The van der Waals surface area contributed by atoms with Gasteiger partial charge in [0.2, 0.25) is 0 Å². The molecule has 2 amide bonds. The monoisotopic (exact) mass is 256 g/mol. The third-order valence-corrected chi connectivity index (χ3v) is 2.74. The number of amides is 2. The Morgan fingerprint density at radius 1 is 1.33 bits per heavy atom. The highest BCUT2D eigenvalue weighted by Crippen LogP contribution is 2.09. The van der Waals surface area contributed by atoms with E-state index in [1.165, 1.54) is 0 Å². The molecule has 4 nitrogen and oxygen atoms in total. The minimum absolute atomic E-state index is 0.0280. The number of ether oxygens (including phenoxy) is 1. The molecule has 0 bridgehead atoms. The molecule has 98 valence electrons. The molecule has 1 aliphatic heterocycles. The van der Waals surface area contributed by atoms with Gasteiger partial charge in [-0.2, -0.15) is 0 Å². The van der Waals surface area contributed by atoms with Gasteiger partial charge in [0.15, 0.2) is 0 Å². The van der Waals surface area contributed by atoms with Crippen molar-refractivity contribution in [2.24, 2.45) is 0 Å². The third-order valence-electron chi connectivity index (χ3n) is 2.74. The number of morpholine rings is 1. The highest BCUT2D eigenvalue weighted by atomic mass is 19.1. The van der Waals surface area contributed by atoms with Crippen LogP contribution < -0.4 is 5.32 Å². The molecule has 2 rings (SSSR count). The van der Waals surface area contributed by atoms with Crippen molar-refractivity contribution in [1.29, 1.82) is 0 Å². The molecule has 1 aromatic rings. The number of halogens is 2. The van der Waals surface area contributed by atoms with E-state index in [9.17, 15) is 13.6 Å². The van der Waals surface area contributed by atoms with E-state index in [1.807, 2.05) is 0 Å². The van der Waals surface area contributed by atoms with Gasteiger partial charge in [0.25, 0.3) is 0 Å². The lowest BCUT2D eigenvalue weighted by atomic mass is 10.2. The van der Waals surface area contributed by atoms with Gasteiger partial charge in [-0.1, -0.05) is 0 Å². The predicted octanol–water partition coefficient (Wildman–Crippen LogP) is 1.51. The maximum Gasteiger partial charge on any atom is 0.317 e. The summed E-state index contributed by atoms with van der Waals surface area (Å²) in [5.74, 6) is -1.05. The molecular weight excluding hydrogens is 242 g/mol. The summed E-state index contributed by atoms with van der Waals surface area (Å²) in [7, 11) is 0. The van der Waals surface area contributed by atoms with Crippen LogP contribution in [0.15, 0.2) is 18.2 Å². The first-order valence-electron chi connectivity index (χ1n) is 5.71. The van der Waals surface area contributed by atoms with Crippen LogP contribution in [-0.2, 0) is 11.3 Å². The zero-order valence-electron chi connectivity index (χ0n) is 9.79. The first-order valence-corrected chi connectivity index (χ1v) is 5.71. The molecule has 1 heterocycles. The molecule has 18 heavy (non-hydrogen) atoms. The van der Waals surface area contributed by atoms with Crippen molar-refractivity contribution in [2.75, 3.05) is 26.3 Å². The van der Waals surface area contributed by atoms with Crippen LogP contribution in [0.1, 0.15) is 5.56 Å². The maximum absolute atomic E-state index is 13.3. The average Bonchev–Trinajstić information content (AvgIpc) is 2.40. The molecular formula is C12H14F2N2O2. The van der Waals surface area contributed by atoms with Crippen molar-refractivity contribution in [3.63, 3.8) is 0 Å². The van der Waals surface area contributed by atoms with Gasteiger partial charge in [0, 0.05) is 25.2 Å². The third kappa shape index (κ3) is 3.16. The molecule has 0 spiro atoms. The minimum Gasteiger partial charge on any atom is -0.378 e. The van der Waals surface area contributed by atoms with E-state index in [0.717, 1.165) is 18.2 Å². The maximum atomic E-state index is 13.3. The van der Waals surface area contributed by atoms with Crippen LogP contribution in [-0.4, -0.2) is 37.2 Å². The van der Waals surface area contributed by atoms with Gasteiger partial charge in [-0.15, -0.1) is 0 Å². The molecule has 1 saturated heterocycles. The lowest BCUT2D eigenvalue weighted by Gasteiger charge is -2.26. The molecule has 1 aliphatic rings. The zero-order chi connectivity index (χ0) is 13.0. The Kier molecular flexibility index (Phi) is 4.09. The number of urea groups is 1. The predicted molar refractivity (Wildman–Crippen MR) is 61.0 cm³/mol. The fourth-order valence-corrected chi connectivity index (χ4v) is 1.73. The second-order valence-corrected chi connectivity index (χ2v) is 3.99. The van der Waals surface area contributed by atoms with E-state index in [-0.39, 0.29) is 18.1 Å². The Morgan fingerprint density at radius 3 is 2.78 bits per heavy atom. The molecule has 0 atom stereocenters. The summed E-state index contributed by atoms with van der Waals surface area (Å²) in [6.07, 6.45) is 0. The van der Waals surface area contributed by atoms with E-state index >= 15 is 0 Å². The van der Waals surface area contributed by atoms with Gasteiger partial charge < -0.3 is 15.0 Å². The first kappa shape index (κ1) is 12.8.